The summed E-state index contributed by atoms with van der Waals surface area (Å²) in [6.07, 6.45) is 1.70. The van der Waals surface area contributed by atoms with Crippen molar-refractivity contribution in [3.8, 4) is 17.2 Å². The Bertz CT molecular complexity index is 708. The van der Waals surface area contributed by atoms with Crippen LogP contribution in [0, 0.1) is 6.92 Å². The van der Waals surface area contributed by atoms with Gasteiger partial charge < -0.3 is 0 Å². The van der Waals surface area contributed by atoms with Gasteiger partial charge in [0.05, 0.1) is 5.69 Å². The van der Waals surface area contributed by atoms with Gasteiger partial charge in [0.2, 0.25) is 5.82 Å². The fourth-order valence-corrected chi connectivity index (χ4v) is 1.79. The average Bonchev–Trinajstić information content (AvgIpc) is 2.93. The summed E-state index contributed by atoms with van der Waals surface area (Å²) in [5.41, 5.74) is 2.48. The normalized spacial score (nSPS) is 10.6. The van der Waals surface area contributed by atoms with Crippen LogP contribution in [0.4, 0.5) is 0 Å². The van der Waals surface area contributed by atoms with Gasteiger partial charge in [-0.05, 0) is 48.0 Å². The van der Waals surface area contributed by atoms with Crippen LogP contribution in [0.5, 0.6) is 0 Å². The highest BCUT2D eigenvalue weighted by atomic mass is 35.5. The summed E-state index contributed by atoms with van der Waals surface area (Å²) in [6.45, 7) is 1.93. The van der Waals surface area contributed by atoms with Crippen LogP contribution in [0.1, 0.15) is 5.56 Å². The molecule has 0 atom stereocenters. The van der Waals surface area contributed by atoms with Crippen molar-refractivity contribution in [3.63, 3.8) is 0 Å². The fraction of sp³-hybridized carbons (Fsp3) is 0.0769. The van der Waals surface area contributed by atoms with E-state index in [1.165, 1.54) is 4.80 Å². The standard InChI is InChI=1S/C13H10ClN5/c1-9-8-10(5-6-11(9)14)19-17-13(16-18-19)12-4-2-3-7-15-12/h2-8H,1H3. The second-order valence-electron chi connectivity index (χ2n) is 4.05. The third-order valence-electron chi connectivity index (χ3n) is 2.68. The molecule has 3 rings (SSSR count). The quantitative estimate of drug-likeness (QED) is 0.719. The molecule has 0 bridgehead atoms. The Kier molecular flexibility index (Phi) is 2.97. The maximum Gasteiger partial charge on any atom is 0.223 e. The van der Waals surface area contributed by atoms with Crippen molar-refractivity contribution in [2.45, 2.75) is 6.92 Å². The number of aryl methyl sites for hydroxylation is 1. The number of benzene rings is 1. The zero-order valence-corrected chi connectivity index (χ0v) is 10.9. The predicted molar refractivity (Wildman–Crippen MR) is 72.1 cm³/mol. The SMILES string of the molecule is Cc1cc(-n2nnc(-c3ccccn3)n2)ccc1Cl. The topological polar surface area (TPSA) is 56.5 Å². The van der Waals surface area contributed by atoms with E-state index >= 15 is 0 Å². The van der Waals surface area contributed by atoms with Gasteiger partial charge in [-0.3, -0.25) is 4.98 Å². The van der Waals surface area contributed by atoms with Gasteiger partial charge in [0.15, 0.2) is 0 Å². The van der Waals surface area contributed by atoms with Crippen LogP contribution in [-0.2, 0) is 0 Å². The zero-order valence-electron chi connectivity index (χ0n) is 10.2. The van der Waals surface area contributed by atoms with E-state index in [-0.39, 0.29) is 0 Å². The number of nitrogens with zero attached hydrogens (tertiary/aromatic N) is 5. The van der Waals surface area contributed by atoms with Gasteiger partial charge in [-0.1, -0.05) is 17.7 Å². The van der Waals surface area contributed by atoms with Crippen molar-refractivity contribution in [2.75, 3.05) is 0 Å². The van der Waals surface area contributed by atoms with Crippen molar-refractivity contribution in [1.82, 2.24) is 25.2 Å². The van der Waals surface area contributed by atoms with E-state index in [2.05, 4.69) is 20.4 Å². The molecule has 0 aliphatic heterocycles. The predicted octanol–water partition coefficient (Wildman–Crippen LogP) is 2.69. The van der Waals surface area contributed by atoms with Crippen LogP contribution in [0.3, 0.4) is 0 Å². The summed E-state index contributed by atoms with van der Waals surface area (Å²) in [6, 6.07) is 11.1. The number of aromatic nitrogens is 5. The molecular formula is C13H10ClN5. The van der Waals surface area contributed by atoms with E-state index < -0.39 is 0 Å². The molecule has 6 heteroatoms. The van der Waals surface area contributed by atoms with Crippen LogP contribution >= 0.6 is 11.6 Å². The zero-order chi connectivity index (χ0) is 13.2. The lowest BCUT2D eigenvalue weighted by Gasteiger charge is -2.01. The van der Waals surface area contributed by atoms with Crippen molar-refractivity contribution in [3.05, 3.63) is 53.2 Å². The molecule has 5 nitrogen and oxygen atoms in total. The van der Waals surface area contributed by atoms with E-state index in [0.29, 0.717) is 16.5 Å². The number of pyridine rings is 1. The molecule has 19 heavy (non-hydrogen) atoms. The maximum atomic E-state index is 5.99. The molecular weight excluding hydrogens is 262 g/mol. The molecule has 2 heterocycles. The molecule has 1 aromatic carbocycles. The van der Waals surface area contributed by atoms with Crippen LogP contribution in [0.2, 0.25) is 5.02 Å². The second kappa shape index (κ2) is 4.78. The van der Waals surface area contributed by atoms with Crippen molar-refractivity contribution in [2.24, 2.45) is 0 Å². The van der Waals surface area contributed by atoms with Crippen LogP contribution < -0.4 is 0 Å². The van der Waals surface area contributed by atoms with Crippen molar-refractivity contribution >= 4 is 11.6 Å². The van der Waals surface area contributed by atoms with Crippen LogP contribution in [0.15, 0.2) is 42.6 Å². The molecule has 0 aliphatic carbocycles. The molecule has 3 aromatic rings. The van der Waals surface area contributed by atoms with Gasteiger partial charge in [0, 0.05) is 11.2 Å². The number of hydrogen-bond donors (Lipinski definition) is 0. The molecule has 0 saturated heterocycles. The first kappa shape index (κ1) is 11.8. The number of rotatable bonds is 2. The monoisotopic (exact) mass is 271 g/mol. The van der Waals surface area contributed by atoms with E-state index in [9.17, 15) is 0 Å². The molecule has 0 radical (unpaired) electrons. The fourth-order valence-electron chi connectivity index (χ4n) is 1.67. The molecule has 0 amide bonds. The summed E-state index contributed by atoms with van der Waals surface area (Å²) < 4.78 is 0. The summed E-state index contributed by atoms with van der Waals surface area (Å²) >= 11 is 5.99. The lowest BCUT2D eigenvalue weighted by atomic mass is 10.2. The van der Waals surface area contributed by atoms with E-state index in [4.69, 9.17) is 11.6 Å². The van der Waals surface area contributed by atoms with Gasteiger partial charge in [-0.15, -0.1) is 15.0 Å². The Morgan fingerprint density at radius 1 is 1.16 bits per heavy atom. The molecule has 0 spiro atoms. The third kappa shape index (κ3) is 2.32. The second-order valence-corrected chi connectivity index (χ2v) is 4.46. The molecule has 0 aliphatic rings. The van der Waals surface area contributed by atoms with Crippen molar-refractivity contribution < 1.29 is 0 Å². The minimum absolute atomic E-state index is 0.494. The first-order valence-electron chi connectivity index (χ1n) is 5.72. The highest BCUT2D eigenvalue weighted by Gasteiger charge is 2.08. The first-order chi connectivity index (χ1) is 9.24. The largest absolute Gasteiger partial charge is 0.253 e. The lowest BCUT2D eigenvalue weighted by molar-refractivity contribution is 0.719. The third-order valence-corrected chi connectivity index (χ3v) is 3.10. The lowest BCUT2D eigenvalue weighted by Crippen LogP contribution is -1.99. The smallest absolute Gasteiger partial charge is 0.223 e. The summed E-state index contributed by atoms with van der Waals surface area (Å²) in [5, 5.41) is 13.1. The van der Waals surface area contributed by atoms with Crippen LogP contribution in [0.25, 0.3) is 17.2 Å². The number of halogens is 1. The minimum atomic E-state index is 0.494. The van der Waals surface area contributed by atoms with Gasteiger partial charge in [0.25, 0.3) is 0 Å². The van der Waals surface area contributed by atoms with Crippen molar-refractivity contribution in [1.29, 1.82) is 0 Å². The number of tetrazole rings is 1. The van der Waals surface area contributed by atoms with Gasteiger partial charge in [-0.25, -0.2) is 0 Å². The molecule has 0 saturated carbocycles. The van der Waals surface area contributed by atoms with E-state index in [1.807, 2.05) is 43.3 Å². The Balaban J connectivity index is 1.99. The van der Waals surface area contributed by atoms with Gasteiger partial charge in [0.1, 0.15) is 5.69 Å². The first-order valence-corrected chi connectivity index (χ1v) is 6.10. The maximum absolute atomic E-state index is 5.99. The minimum Gasteiger partial charge on any atom is -0.253 e. The Hall–Kier alpha value is -2.27. The summed E-state index contributed by atoms with van der Waals surface area (Å²) in [4.78, 5) is 5.65. The molecule has 0 N–H and O–H groups in total. The molecule has 2 aromatic heterocycles. The van der Waals surface area contributed by atoms with Gasteiger partial charge >= 0.3 is 0 Å². The highest BCUT2D eigenvalue weighted by molar-refractivity contribution is 6.31. The van der Waals surface area contributed by atoms with Gasteiger partial charge in [-0.2, -0.15) is 0 Å². The molecule has 0 fully saturated rings. The van der Waals surface area contributed by atoms with E-state index in [1.54, 1.807) is 6.20 Å². The highest BCUT2D eigenvalue weighted by Crippen LogP contribution is 2.18. The Morgan fingerprint density at radius 2 is 2.05 bits per heavy atom. The average molecular weight is 272 g/mol. The number of hydrogen-bond acceptors (Lipinski definition) is 4. The summed E-state index contributed by atoms with van der Waals surface area (Å²) in [5.74, 6) is 0.494. The van der Waals surface area contributed by atoms with Crippen LogP contribution in [-0.4, -0.2) is 25.2 Å². The Morgan fingerprint density at radius 3 is 2.79 bits per heavy atom. The molecule has 0 unspecified atom stereocenters. The Labute approximate surface area is 114 Å². The molecule has 94 valence electrons. The van der Waals surface area contributed by atoms with E-state index in [0.717, 1.165) is 11.3 Å². The summed E-state index contributed by atoms with van der Waals surface area (Å²) in [7, 11) is 0.